The Morgan fingerprint density at radius 1 is 0.500 bits per heavy atom. The van der Waals surface area contributed by atoms with E-state index in [-0.39, 0.29) is 25.2 Å². The van der Waals surface area contributed by atoms with E-state index in [1.165, 1.54) is 103 Å². The van der Waals surface area contributed by atoms with Gasteiger partial charge in [0, 0.05) is 12.8 Å². The van der Waals surface area contributed by atoms with Gasteiger partial charge in [-0.05, 0) is 44.9 Å². The van der Waals surface area contributed by atoms with Gasteiger partial charge in [-0.15, -0.1) is 0 Å². The number of hydrogen-bond acceptors (Lipinski definition) is 5. The minimum Gasteiger partial charge on any atom is -0.463 e. The predicted molar refractivity (Wildman–Crippen MR) is 178 cm³/mol. The molecule has 1 N–H and O–H groups in total. The molecule has 0 spiro atoms. The van der Waals surface area contributed by atoms with E-state index in [1.807, 2.05) is 0 Å². The molecule has 0 aromatic carbocycles. The van der Waals surface area contributed by atoms with Crippen molar-refractivity contribution < 1.29 is 24.2 Å². The van der Waals surface area contributed by atoms with E-state index in [9.17, 15) is 14.7 Å². The first-order valence-corrected chi connectivity index (χ1v) is 17.9. The summed E-state index contributed by atoms with van der Waals surface area (Å²) in [6, 6.07) is 0. The van der Waals surface area contributed by atoms with Gasteiger partial charge < -0.3 is 14.6 Å². The molecule has 42 heavy (non-hydrogen) atoms. The Morgan fingerprint density at radius 3 is 1.26 bits per heavy atom. The fourth-order valence-corrected chi connectivity index (χ4v) is 4.94. The largest absolute Gasteiger partial charge is 0.463 e. The van der Waals surface area contributed by atoms with Crippen molar-refractivity contribution in [3.63, 3.8) is 0 Å². The lowest BCUT2D eigenvalue weighted by atomic mass is 10.0. The third-order valence-electron chi connectivity index (χ3n) is 7.69. The van der Waals surface area contributed by atoms with Crippen LogP contribution in [-0.2, 0) is 19.1 Å². The van der Waals surface area contributed by atoms with E-state index in [2.05, 4.69) is 38.2 Å². The number of carbonyl (C=O) groups is 2. The van der Waals surface area contributed by atoms with Crippen molar-refractivity contribution >= 4 is 11.9 Å². The molecule has 0 bridgehead atoms. The zero-order valence-corrected chi connectivity index (χ0v) is 27.8. The van der Waals surface area contributed by atoms with E-state index >= 15 is 0 Å². The normalized spacial score (nSPS) is 12.4. The van der Waals surface area contributed by atoms with Crippen LogP contribution in [0.25, 0.3) is 0 Å². The summed E-state index contributed by atoms with van der Waals surface area (Å²) >= 11 is 0. The molecule has 0 aromatic heterocycles. The van der Waals surface area contributed by atoms with Crippen molar-refractivity contribution in [1.29, 1.82) is 0 Å². The van der Waals surface area contributed by atoms with Gasteiger partial charge in [0.25, 0.3) is 0 Å². The molecule has 0 fully saturated rings. The van der Waals surface area contributed by atoms with Crippen molar-refractivity contribution in [2.45, 2.75) is 187 Å². The zero-order chi connectivity index (χ0) is 30.8. The topological polar surface area (TPSA) is 72.8 Å². The van der Waals surface area contributed by atoms with Gasteiger partial charge in [0.05, 0.1) is 0 Å². The van der Waals surface area contributed by atoms with Gasteiger partial charge in [-0.2, -0.15) is 0 Å². The molecule has 0 radical (unpaired) electrons. The maximum atomic E-state index is 11.9. The summed E-state index contributed by atoms with van der Waals surface area (Å²) in [5.41, 5.74) is 0. The number of aliphatic hydroxyl groups excluding tert-OH is 1. The molecular formula is C37H68O5. The average molecular weight is 593 g/mol. The Labute approximate surface area is 260 Å². The van der Waals surface area contributed by atoms with Crippen LogP contribution in [0.3, 0.4) is 0 Å². The van der Waals surface area contributed by atoms with Crippen LogP contribution in [0.1, 0.15) is 181 Å². The number of carbonyl (C=O) groups excluding carboxylic acids is 2. The number of hydrogen-bond donors (Lipinski definition) is 1. The Bertz CT molecular complexity index is 642. The maximum Gasteiger partial charge on any atom is 0.305 e. The molecule has 0 saturated heterocycles. The predicted octanol–water partition coefficient (Wildman–Crippen LogP) is 10.7. The van der Waals surface area contributed by atoms with Crippen LogP contribution in [0, 0.1) is 0 Å². The SMILES string of the molecule is CCCCCC=CCC=CCCCCCCCC(=O)OCC(O)COC(=O)CCCCCCCCCCCCCCC. The number of rotatable bonds is 32. The van der Waals surface area contributed by atoms with Crippen LogP contribution < -0.4 is 0 Å². The van der Waals surface area contributed by atoms with E-state index < -0.39 is 6.10 Å². The standard InChI is InChI=1S/C37H68O5/c1-3-5-7-9-11-13-15-17-18-20-22-24-26-28-30-32-37(40)42-34-35(38)33-41-36(39)31-29-27-25-23-21-19-16-14-12-10-8-6-4-2/h11,13,17-18,35,38H,3-10,12,14-16,19-34H2,1-2H3. The fraction of sp³-hybridized carbons (Fsp3) is 0.838. The molecule has 5 heteroatoms. The van der Waals surface area contributed by atoms with Gasteiger partial charge in [0.15, 0.2) is 0 Å². The summed E-state index contributed by atoms with van der Waals surface area (Å²) < 4.78 is 10.3. The first-order chi connectivity index (χ1) is 20.6. The third kappa shape index (κ3) is 32.9. The third-order valence-corrected chi connectivity index (χ3v) is 7.69. The van der Waals surface area contributed by atoms with E-state index in [4.69, 9.17) is 9.47 Å². The summed E-state index contributed by atoms with van der Waals surface area (Å²) in [4.78, 5) is 23.8. The summed E-state index contributed by atoms with van der Waals surface area (Å²) in [7, 11) is 0. The molecule has 0 aliphatic heterocycles. The van der Waals surface area contributed by atoms with Crippen molar-refractivity contribution in [2.75, 3.05) is 13.2 Å². The lowest BCUT2D eigenvalue weighted by Crippen LogP contribution is -2.25. The molecule has 246 valence electrons. The van der Waals surface area contributed by atoms with Gasteiger partial charge in [0.1, 0.15) is 19.3 Å². The van der Waals surface area contributed by atoms with Gasteiger partial charge >= 0.3 is 11.9 Å². The number of unbranched alkanes of at least 4 members (excludes halogenated alkanes) is 20. The van der Waals surface area contributed by atoms with Crippen molar-refractivity contribution in [1.82, 2.24) is 0 Å². The van der Waals surface area contributed by atoms with Crippen LogP contribution >= 0.6 is 0 Å². The smallest absolute Gasteiger partial charge is 0.305 e. The van der Waals surface area contributed by atoms with Crippen LogP contribution in [-0.4, -0.2) is 36.4 Å². The van der Waals surface area contributed by atoms with Crippen molar-refractivity contribution in [3.8, 4) is 0 Å². The van der Waals surface area contributed by atoms with Crippen molar-refractivity contribution in [3.05, 3.63) is 24.3 Å². The van der Waals surface area contributed by atoms with E-state index in [1.54, 1.807) is 0 Å². The number of allylic oxidation sites excluding steroid dienone is 4. The highest BCUT2D eigenvalue weighted by Crippen LogP contribution is 2.13. The highest BCUT2D eigenvalue weighted by molar-refractivity contribution is 5.69. The van der Waals surface area contributed by atoms with Crippen LogP contribution in [0.4, 0.5) is 0 Å². The van der Waals surface area contributed by atoms with Crippen LogP contribution in [0.5, 0.6) is 0 Å². The second-order valence-electron chi connectivity index (χ2n) is 12.0. The average Bonchev–Trinajstić information content (AvgIpc) is 2.99. The zero-order valence-electron chi connectivity index (χ0n) is 27.8. The van der Waals surface area contributed by atoms with Crippen LogP contribution in [0.2, 0.25) is 0 Å². The molecule has 0 aromatic rings. The molecule has 0 saturated carbocycles. The van der Waals surface area contributed by atoms with Gasteiger partial charge in [0.2, 0.25) is 0 Å². The van der Waals surface area contributed by atoms with Gasteiger partial charge in [-0.1, -0.05) is 147 Å². The summed E-state index contributed by atoms with van der Waals surface area (Å²) in [6.07, 6.45) is 37.9. The highest BCUT2D eigenvalue weighted by atomic mass is 16.6. The number of esters is 2. The second-order valence-corrected chi connectivity index (χ2v) is 12.0. The maximum absolute atomic E-state index is 11.9. The molecule has 0 aliphatic rings. The first kappa shape index (κ1) is 40.4. The highest BCUT2D eigenvalue weighted by Gasteiger charge is 2.12. The Morgan fingerprint density at radius 2 is 0.833 bits per heavy atom. The lowest BCUT2D eigenvalue weighted by molar-refractivity contribution is -0.152. The van der Waals surface area contributed by atoms with Crippen molar-refractivity contribution in [2.24, 2.45) is 0 Å². The Kier molecular flexibility index (Phi) is 32.6. The molecule has 0 aliphatic carbocycles. The van der Waals surface area contributed by atoms with E-state index in [0.717, 1.165) is 51.4 Å². The minimum atomic E-state index is -0.964. The molecule has 0 amide bonds. The molecule has 0 heterocycles. The minimum absolute atomic E-state index is 0.117. The summed E-state index contributed by atoms with van der Waals surface area (Å²) in [5.74, 6) is -0.577. The quantitative estimate of drug-likeness (QED) is 0.0478. The van der Waals surface area contributed by atoms with Crippen LogP contribution in [0.15, 0.2) is 24.3 Å². The Balaban J connectivity index is 3.45. The molecule has 0 rings (SSSR count). The second kappa shape index (κ2) is 33.9. The van der Waals surface area contributed by atoms with Gasteiger partial charge in [-0.3, -0.25) is 9.59 Å². The monoisotopic (exact) mass is 593 g/mol. The molecule has 1 unspecified atom stereocenters. The molecule has 5 nitrogen and oxygen atoms in total. The Hall–Kier alpha value is -1.62. The first-order valence-electron chi connectivity index (χ1n) is 17.9. The van der Waals surface area contributed by atoms with E-state index in [0.29, 0.717) is 12.8 Å². The summed E-state index contributed by atoms with van der Waals surface area (Å²) in [6.45, 7) is 4.26. The number of ether oxygens (including phenoxy) is 2. The summed E-state index contributed by atoms with van der Waals surface area (Å²) in [5, 5.41) is 9.97. The molecular weight excluding hydrogens is 524 g/mol. The molecule has 1 atom stereocenters. The fourth-order valence-electron chi connectivity index (χ4n) is 4.94. The lowest BCUT2D eigenvalue weighted by Gasteiger charge is -2.12. The van der Waals surface area contributed by atoms with Gasteiger partial charge in [-0.25, -0.2) is 0 Å². The number of aliphatic hydroxyl groups is 1.